The van der Waals surface area contributed by atoms with Gasteiger partial charge in [-0.25, -0.2) is 4.79 Å². The zero-order chi connectivity index (χ0) is 20.5. The van der Waals surface area contributed by atoms with Crippen molar-refractivity contribution in [2.24, 2.45) is 0 Å². The molecule has 0 saturated carbocycles. The molecule has 0 aliphatic carbocycles. The van der Waals surface area contributed by atoms with E-state index in [1.807, 2.05) is 23.1 Å². The first-order chi connectivity index (χ1) is 14.0. The van der Waals surface area contributed by atoms with Gasteiger partial charge in [0.15, 0.2) is 5.58 Å². The standard InChI is InChI=1S/C21H21N3O5/c1-14-10-12-22(17-6-3-2-5-16(14)17)20(25)7-4-11-23-18-9-8-15(24(27)28)13-19(18)29-21(23)26/h2-3,5-6,8-9,13-14H,4,7,10-12H2,1H3. The Morgan fingerprint density at radius 3 is 2.86 bits per heavy atom. The van der Waals surface area contributed by atoms with E-state index in [1.54, 1.807) is 0 Å². The van der Waals surface area contributed by atoms with Crippen LogP contribution >= 0.6 is 0 Å². The largest absolute Gasteiger partial charge is 0.419 e. The third-order valence-corrected chi connectivity index (χ3v) is 5.48. The highest BCUT2D eigenvalue weighted by atomic mass is 16.6. The van der Waals surface area contributed by atoms with E-state index in [-0.39, 0.29) is 17.2 Å². The minimum atomic E-state index is -0.579. The number of nitrogens with zero attached hydrogens (tertiary/aromatic N) is 3. The van der Waals surface area contributed by atoms with Gasteiger partial charge < -0.3 is 9.32 Å². The van der Waals surface area contributed by atoms with Gasteiger partial charge in [0.25, 0.3) is 5.69 Å². The van der Waals surface area contributed by atoms with Crippen LogP contribution in [0.25, 0.3) is 11.1 Å². The van der Waals surface area contributed by atoms with Gasteiger partial charge in [-0.2, -0.15) is 0 Å². The number of amides is 1. The lowest BCUT2D eigenvalue weighted by molar-refractivity contribution is -0.384. The van der Waals surface area contributed by atoms with Gasteiger partial charge in [0.2, 0.25) is 5.91 Å². The zero-order valence-electron chi connectivity index (χ0n) is 16.0. The normalized spacial score (nSPS) is 16.0. The SMILES string of the molecule is CC1CCN(C(=O)CCCn2c(=O)oc3cc([N+](=O)[O-])ccc32)c2ccccc21. The number of nitro benzene ring substituents is 1. The predicted octanol–water partition coefficient (Wildman–Crippen LogP) is 3.82. The molecule has 1 aromatic heterocycles. The first-order valence-corrected chi connectivity index (χ1v) is 9.63. The molecule has 4 rings (SSSR count). The summed E-state index contributed by atoms with van der Waals surface area (Å²) in [7, 11) is 0. The Morgan fingerprint density at radius 2 is 2.07 bits per heavy atom. The molecule has 8 heteroatoms. The van der Waals surface area contributed by atoms with Crippen molar-refractivity contribution >= 4 is 28.4 Å². The molecule has 0 spiro atoms. The first-order valence-electron chi connectivity index (χ1n) is 9.63. The summed E-state index contributed by atoms with van der Waals surface area (Å²) in [6.45, 7) is 3.16. The van der Waals surface area contributed by atoms with Crippen molar-refractivity contribution in [1.82, 2.24) is 4.57 Å². The molecule has 0 bridgehead atoms. The van der Waals surface area contributed by atoms with E-state index in [9.17, 15) is 19.7 Å². The van der Waals surface area contributed by atoms with E-state index >= 15 is 0 Å². The van der Waals surface area contributed by atoms with Gasteiger partial charge in [-0.3, -0.25) is 19.5 Å². The van der Waals surface area contributed by atoms with Gasteiger partial charge in [0.1, 0.15) is 0 Å². The summed E-state index contributed by atoms with van der Waals surface area (Å²) in [6, 6.07) is 12.1. The molecule has 0 saturated heterocycles. The Bertz CT molecular complexity index is 1150. The summed E-state index contributed by atoms with van der Waals surface area (Å²) >= 11 is 0. The first kappa shape index (κ1) is 18.9. The fourth-order valence-electron chi connectivity index (χ4n) is 3.91. The third kappa shape index (κ3) is 3.53. The molecule has 2 heterocycles. The number of benzene rings is 2. The van der Waals surface area contributed by atoms with Crippen LogP contribution in [0.1, 0.15) is 37.7 Å². The highest BCUT2D eigenvalue weighted by Crippen LogP contribution is 2.35. The van der Waals surface area contributed by atoms with Crippen molar-refractivity contribution in [3.8, 4) is 0 Å². The Balaban J connectivity index is 1.46. The number of nitro groups is 1. The number of hydrogen-bond donors (Lipinski definition) is 0. The lowest BCUT2D eigenvalue weighted by Gasteiger charge is -2.33. The maximum atomic E-state index is 12.8. The van der Waals surface area contributed by atoms with Gasteiger partial charge in [-0.15, -0.1) is 0 Å². The molecule has 0 fully saturated rings. The maximum absolute atomic E-state index is 12.8. The molecular weight excluding hydrogens is 374 g/mol. The third-order valence-electron chi connectivity index (χ3n) is 5.48. The van der Waals surface area contributed by atoms with Crippen LogP contribution in [0.3, 0.4) is 0 Å². The molecule has 1 aliphatic rings. The van der Waals surface area contributed by atoms with Crippen LogP contribution in [-0.2, 0) is 11.3 Å². The molecule has 0 radical (unpaired) electrons. The van der Waals surface area contributed by atoms with E-state index in [2.05, 4.69) is 13.0 Å². The number of anilines is 1. The lowest BCUT2D eigenvalue weighted by Crippen LogP contribution is -2.36. The number of fused-ring (bicyclic) bond motifs is 2. The smallest absolute Gasteiger partial charge is 0.407 e. The van der Waals surface area contributed by atoms with Crippen LogP contribution in [0.2, 0.25) is 0 Å². The van der Waals surface area contributed by atoms with Crippen molar-refractivity contribution < 1.29 is 14.1 Å². The van der Waals surface area contributed by atoms with Crippen molar-refractivity contribution in [2.45, 2.75) is 38.6 Å². The van der Waals surface area contributed by atoms with Crippen molar-refractivity contribution in [2.75, 3.05) is 11.4 Å². The van der Waals surface area contributed by atoms with Crippen molar-refractivity contribution in [3.63, 3.8) is 0 Å². The fourth-order valence-corrected chi connectivity index (χ4v) is 3.91. The van der Waals surface area contributed by atoms with Crippen molar-refractivity contribution in [1.29, 1.82) is 0 Å². The number of aryl methyl sites for hydroxylation is 1. The second kappa shape index (κ2) is 7.54. The van der Waals surface area contributed by atoms with Crippen LogP contribution < -0.4 is 10.7 Å². The number of para-hydroxylation sites is 1. The second-order valence-electron chi connectivity index (χ2n) is 7.33. The molecule has 1 unspecified atom stereocenters. The summed E-state index contributed by atoms with van der Waals surface area (Å²) in [5, 5.41) is 10.9. The molecular formula is C21H21N3O5. The summed E-state index contributed by atoms with van der Waals surface area (Å²) in [4.78, 5) is 37.1. The molecule has 29 heavy (non-hydrogen) atoms. The molecule has 2 aromatic carbocycles. The fraction of sp³-hybridized carbons (Fsp3) is 0.333. The van der Waals surface area contributed by atoms with E-state index in [4.69, 9.17) is 4.42 Å². The van der Waals surface area contributed by atoms with E-state index in [1.165, 1.54) is 28.3 Å². The molecule has 150 valence electrons. The Morgan fingerprint density at radius 1 is 1.28 bits per heavy atom. The molecule has 3 aromatic rings. The van der Waals surface area contributed by atoms with Gasteiger partial charge >= 0.3 is 5.76 Å². The number of rotatable bonds is 5. The van der Waals surface area contributed by atoms with Crippen LogP contribution in [-0.4, -0.2) is 21.9 Å². The molecule has 1 atom stereocenters. The van der Waals surface area contributed by atoms with E-state index < -0.39 is 10.7 Å². The topological polar surface area (TPSA) is 98.6 Å². The quantitative estimate of drug-likeness (QED) is 0.483. The van der Waals surface area contributed by atoms with Gasteiger partial charge in [-0.1, -0.05) is 25.1 Å². The van der Waals surface area contributed by atoms with Gasteiger partial charge in [0.05, 0.1) is 16.5 Å². The molecule has 1 aliphatic heterocycles. The predicted molar refractivity (Wildman–Crippen MR) is 108 cm³/mol. The number of oxazole rings is 1. The molecule has 8 nitrogen and oxygen atoms in total. The number of carbonyl (C=O) groups excluding carboxylic acids is 1. The van der Waals surface area contributed by atoms with Crippen LogP contribution in [0.5, 0.6) is 0 Å². The minimum Gasteiger partial charge on any atom is -0.407 e. The van der Waals surface area contributed by atoms with Crippen LogP contribution in [0.15, 0.2) is 51.7 Å². The van der Waals surface area contributed by atoms with E-state index in [0.717, 1.165) is 12.1 Å². The number of aromatic nitrogens is 1. The second-order valence-corrected chi connectivity index (χ2v) is 7.33. The Hall–Kier alpha value is -3.42. The highest BCUT2D eigenvalue weighted by molar-refractivity contribution is 5.94. The molecule has 1 amide bonds. The monoisotopic (exact) mass is 395 g/mol. The lowest BCUT2D eigenvalue weighted by atomic mass is 9.91. The maximum Gasteiger partial charge on any atom is 0.419 e. The Kier molecular flexibility index (Phi) is 4.92. The summed E-state index contributed by atoms with van der Waals surface area (Å²) in [5.74, 6) is -0.124. The van der Waals surface area contributed by atoms with E-state index in [0.29, 0.717) is 37.4 Å². The van der Waals surface area contributed by atoms with Gasteiger partial charge in [0, 0.05) is 31.3 Å². The summed E-state index contributed by atoms with van der Waals surface area (Å²) < 4.78 is 6.54. The number of carbonyl (C=O) groups is 1. The average molecular weight is 395 g/mol. The van der Waals surface area contributed by atoms with Gasteiger partial charge in [-0.05, 0) is 36.5 Å². The number of non-ortho nitro benzene ring substituents is 1. The minimum absolute atomic E-state index is 0.0286. The highest BCUT2D eigenvalue weighted by Gasteiger charge is 2.25. The van der Waals surface area contributed by atoms with Crippen LogP contribution in [0, 0.1) is 10.1 Å². The van der Waals surface area contributed by atoms with Crippen LogP contribution in [0.4, 0.5) is 11.4 Å². The average Bonchev–Trinajstić information content (AvgIpc) is 3.03. The van der Waals surface area contributed by atoms with Crippen molar-refractivity contribution in [3.05, 3.63) is 68.7 Å². The zero-order valence-corrected chi connectivity index (χ0v) is 16.0. The Labute approximate surface area is 166 Å². The summed E-state index contributed by atoms with van der Waals surface area (Å²) in [6.07, 6.45) is 1.70. The summed E-state index contributed by atoms with van der Waals surface area (Å²) in [5.41, 5.74) is 2.69. The number of hydrogen-bond acceptors (Lipinski definition) is 5. The molecule has 0 N–H and O–H groups in total.